The first kappa shape index (κ1) is 58.7. The number of nitrogens with zero attached hydrogens (tertiary/aromatic N) is 1. The summed E-state index contributed by atoms with van der Waals surface area (Å²) in [6, 6.07) is 11.8. The van der Waals surface area contributed by atoms with Gasteiger partial charge in [0.15, 0.2) is 0 Å². The van der Waals surface area contributed by atoms with E-state index in [0.717, 1.165) is 19.3 Å². The summed E-state index contributed by atoms with van der Waals surface area (Å²) in [6.45, 7) is 17.3. The van der Waals surface area contributed by atoms with Crippen molar-refractivity contribution in [2.24, 2.45) is 5.92 Å². The van der Waals surface area contributed by atoms with E-state index in [1.54, 1.807) is 95.2 Å². The molecule has 4 amide bonds. The average molecular weight is 968 g/mol. The highest BCUT2D eigenvalue weighted by atomic mass is 35.5. The molecule has 0 aliphatic carbocycles. The van der Waals surface area contributed by atoms with Crippen LogP contribution in [0.1, 0.15) is 88.7 Å². The molecule has 0 heterocycles. The Kier molecular flexibility index (Phi) is 30.5. The van der Waals surface area contributed by atoms with Crippen LogP contribution in [-0.4, -0.2) is 151 Å². The van der Waals surface area contributed by atoms with Crippen molar-refractivity contribution in [1.82, 2.24) is 15.5 Å². The number of carbonyl (C=O) groups is 5. The number of alkyl carbamates (subject to hydrolysis) is 1. The molecule has 0 unspecified atom stereocenters. The molecule has 2 rings (SSSR count). The number of rotatable bonds is 36. The molecule has 19 heteroatoms. The molecule has 0 radical (unpaired) electrons. The predicted molar refractivity (Wildman–Crippen MR) is 253 cm³/mol. The number of unbranched alkanes of at least 4 members (excludes halogenated alkanes) is 3. The Bertz CT molecular complexity index is 1710. The number of hydrogen-bond donors (Lipinski definition) is 3. The van der Waals surface area contributed by atoms with Crippen molar-refractivity contribution in [2.45, 2.75) is 98.1 Å². The van der Waals surface area contributed by atoms with E-state index in [-0.39, 0.29) is 19.1 Å². The molecule has 2 aromatic rings. The van der Waals surface area contributed by atoms with Crippen molar-refractivity contribution >= 4 is 46.5 Å². The average Bonchev–Trinajstić information content (AvgIpc) is 3.28. The van der Waals surface area contributed by atoms with Crippen molar-refractivity contribution in [1.29, 1.82) is 0 Å². The number of amides is 4. The molecule has 0 saturated heterocycles. The van der Waals surface area contributed by atoms with Crippen LogP contribution in [0, 0.1) is 5.92 Å². The number of methoxy groups -OCH3 is 1. The van der Waals surface area contributed by atoms with Gasteiger partial charge in [0.25, 0.3) is 5.24 Å². The molecule has 2 aromatic carbocycles. The highest BCUT2D eigenvalue weighted by Crippen LogP contribution is 2.18. The minimum Gasteiger partial charge on any atom is -0.445 e. The van der Waals surface area contributed by atoms with Gasteiger partial charge in [-0.1, -0.05) is 57.0 Å². The van der Waals surface area contributed by atoms with Crippen LogP contribution in [0.3, 0.4) is 0 Å². The standard InChI is InChI=1S/C48H75ClN4O14/c1-36(2)42(52-46(57)67-48(4,5)6)45(56)50-37(3)44(55)51-40-18-16-38(17-19-40)35-66-47(58)53(34-39-14-10-11-15-41(39)43(49)54)20-12-8-9-13-21-60-24-25-62-28-29-64-32-33-65-31-30-63-27-26-61-23-22-59-7/h10-11,14-19,36-37,42H,8-9,12-13,20-35H2,1-7H3,(H,50,56)(H,51,55)(H,52,57)/t37-,42-/m0/s1. The van der Waals surface area contributed by atoms with Crippen molar-refractivity contribution < 1.29 is 66.6 Å². The van der Waals surface area contributed by atoms with Gasteiger partial charge in [0, 0.05) is 38.1 Å². The molecule has 0 bridgehead atoms. The Morgan fingerprint density at radius 2 is 1.16 bits per heavy atom. The second-order valence-corrected chi connectivity index (χ2v) is 17.1. The third kappa shape index (κ3) is 27.9. The van der Waals surface area contributed by atoms with Gasteiger partial charge in [-0.15, -0.1) is 0 Å². The topological polar surface area (TPSA) is 208 Å². The van der Waals surface area contributed by atoms with Gasteiger partial charge in [0.05, 0.1) is 79.3 Å². The predicted octanol–water partition coefficient (Wildman–Crippen LogP) is 6.50. The zero-order valence-electron chi connectivity index (χ0n) is 40.5. The monoisotopic (exact) mass is 966 g/mol. The number of halogens is 1. The first-order chi connectivity index (χ1) is 32.1. The Morgan fingerprint density at radius 1 is 0.642 bits per heavy atom. The minimum atomic E-state index is -0.922. The quantitative estimate of drug-likeness (QED) is 0.0492. The van der Waals surface area contributed by atoms with Gasteiger partial charge in [-0.25, -0.2) is 9.59 Å². The molecule has 67 heavy (non-hydrogen) atoms. The molecular formula is C48H75ClN4O14. The molecule has 0 aliphatic rings. The Morgan fingerprint density at radius 3 is 1.69 bits per heavy atom. The van der Waals surface area contributed by atoms with Crippen molar-refractivity contribution in [3.63, 3.8) is 0 Å². The van der Waals surface area contributed by atoms with Crippen LogP contribution in [-0.2, 0) is 65.4 Å². The van der Waals surface area contributed by atoms with Gasteiger partial charge in [-0.2, -0.15) is 0 Å². The second kappa shape index (κ2) is 34.8. The van der Waals surface area contributed by atoms with E-state index in [2.05, 4.69) is 16.0 Å². The Hall–Kier alpha value is -4.40. The van der Waals surface area contributed by atoms with E-state index in [4.69, 9.17) is 54.2 Å². The zero-order valence-corrected chi connectivity index (χ0v) is 41.3. The highest BCUT2D eigenvalue weighted by Gasteiger charge is 2.29. The lowest BCUT2D eigenvalue weighted by molar-refractivity contribution is -0.128. The van der Waals surface area contributed by atoms with Crippen molar-refractivity contribution in [2.75, 3.05) is 105 Å². The summed E-state index contributed by atoms with van der Waals surface area (Å²) < 4.78 is 48.9. The summed E-state index contributed by atoms with van der Waals surface area (Å²) in [4.78, 5) is 65.4. The van der Waals surface area contributed by atoms with Gasteiger partial charge in [0.1, 0.15) is 24.3 Å². The van der Waals surface area contributed by atoms with Gasteiger partial charge in [-0.05, 0) is 87.4 Å². The fraction of sp³-hybridized carbons (Fsp3) is 0.646. The van der Waals surface area contributed by atoms with Gasteiger partial charge in [0.2, 0.25) is 11.8 Å². The summed E-state index contributed by atoms with van der Waals surface area (Å²) in [5.74, 6) is -1.27. The van der Waals surface area contributed by atoms with Crippen LogP contribution < -0.4 is 16.0 Å². The fourth-order valence-electron chi connectivity index (χ4n) is 6.00. The van der Waals surface area contributed by atoms with E-state index < -0.39 is 46.9 Å². The minimum absolute atomic E-state index is 0.0410. The molecule has 0 spiro atoms. The first-order valence-electron chi connectivity index (χ1n) is 23.0. The summed E-state index contributed by atoms with van der Waals surface area (Å²) in [7, 11) is 1.63. The maximum atomic E-state index is 13.5. The molecule has 3 N–H and O–H groups in total. The molecule has 0 aromatic heterocycles. The maximum absolute atomic E-state index is 13.5. The number of nitrogens with one attached hydrogen (secondary N) is 3. The summed E-state index contributed by atoms with van der Waals surface area (Å²) in [6.07, 6.45) is 1.99. The van der Waals surface area contributed by atoms with E-state index in [0.29, 0.717) is 121 Å². The summed E-state index contributed by atoms with van der Waals surface area (Å²) in [5, 5.41) is 7.38. The first-order valence-corrected chi connectivity index (χ1v) is 23.3. The lowest BCUT2D eigenvalue weighted by Crippen LogP contribution is -2.54. The molecule has 378 valence electrons. The number of anilines is 1. The van der Waals surface area contributed by atoms with Crippen LogP contribution in [0.2, 0.25) is 0 Å². The SMILES string of the molecule is COCCOCCOCCOCCOCCOCCOCCCCCCN(Cc1ccccc1C(=O)Cl)C(=O)OCc1ccc(NC(=O)[C@H](C)NC(=O)[C@@H](NC(=O)OC(C)(C)C)C(C)C)cc1. The van der Waals surface area contributed by atoms with Crippen molar-refractivity contribution in [3.05, 3.63) is 65.2 Å². The number of benzene rings is 2. The van der Waals surface area contributed by atoms with Crippen molar-refractivity contribution in [3.8, 4) is 0 Å². The fourth-order valence-corrected chi connectivity index (χ4v) is 6.19. The molecule has 2 atom stereocenters. The van der Waals surface area contributed by atoms with Gasteiger partial charge in [-0.3, -0.25) is 14.4 Å². The Balaban J connectivity index is 1.71. The third-order valence-electron chi connectivity index (χ3n) is 9.56. The molecule has 0 aliphatic heterocycles. The molecule has 0 saturated carbocycles. The van der Waals surface area contributed by atoms with Gasteiger partial charge >= 0.3 is 12.2 Å². The molecule has 0 fully saturated rings. The maximum Gasteiger partial charge on any atom is 0.410 e. The normalized spacial score (nSPS) is 12.3. The number of ether oxygens (including phenoxy) is 9. The lowest BCUT2D eigenvalue weighted by Gasteiger charge is -2.26. The van der Waals surface area contributed by atoms with Crippen LogP contribution in [0.15, 0.2) is 48.5 Å². The molecule has 18 nitrogen and oxygen atoms in total. The Labute approximate surface area is 401 Å². The highest BCUT2D eigenvalue weighted by molar-refractivity contribution is 6.67. The van der Waals surface area contributed by atoms with E-state index >= 15 is 0 Å². The van der Waals surface area contributed by atoms with Crippen LogP contribution in [0.4, 0.5) is 15.3 Å². The number of carbonyl (C=O) groups excluding carboxylic acids is 5. The summed E-state index contributed by atoms with van der Waals surface area (Å²) >= 11 is 5.86. The number of hydrogen-bond acceptors (Lipinski definition) is 14. The summed E-state index contributed by atoms with van der Waals surface area (Å²) in [5.41, 5.74) is 1.32. The third-order valence-corrected chi connectivity index (χ3v) is 9.77. The smallest absolute Gasteiger partial charge is 0.410 e. The largest absolute Gasteiger partial charge is 0.445 e. The van der Waals surface area contributed by atoms with E-state index in [1.807, 2.05) is 0 Å². The van der Waals surface area contributed by atoms with Crippen LogP contribution >= 0.6 is 11.6 Å². The van der Waals surface area contributed by atoms with E-state index in [9.17, 15) is 24.0 Å². The lowest BCUT2D eigenvalue weighted by atomic mass is 10.0. The second-order valence-electron chi connectivity index (χ2n) is 16.8. The zero-order chi connectivity index (χ0) is 49.3. The van der Waals surface area contributed by atoms with Gasteiger partial charge < -0.3 is 63.5 Å². The van der Waals surface area contributed by atoms with Crippen LogP contribution in [0.25, 0.3) is 0 Å². The molecular weight excluding hydrogens is 892 g/mol. The van der Waals surface area contributed by atoms with E-state index in [1.165, 1.54) is 6.92 Å². The van der Waals surface area contributed by atoms with Crippen LogP contribution in [0.5, 0.6) is 0 Å².